The molecule has 1 aromatic rings. The summed E-state index contributed by atoms with van der Waals surface area (Å²) >= 11 is 3.04. The Kier molecular flexibility index (Phi) is 4.92. The topological polar surface area (TPSA) is 92.8 Å². The largest absolute Gasteiger partial charge is 0.504 e. The second-order valence-electron chi connectivity index (χ2n) is 3.67. The van der Waals surface area contributed by atoms with Crippen LogP contribution in [0.25, 0.3) is 0 Å². The second-order valence-corrected chi connectivity index (χ2v) is 4.53. The molecule has 0 aliphatic heterocycles. The van der Waals surface area contributed by atoms with Gasteiger partial charge >= 0.3 is 5.97 Å². The van der Waals surface area contributed by atoms with Crippen molar-refractivity contribution in [2.45, 2.75) is 18.9 Å². The third-order valence-electron chi connectivity index (χ3n) is 2.44. The van der Waals surface area contributed by atoms with Gasteiger partial charge in [0.25, 0.3) is 0 Å². The SMILES string of the molecule is COc1c(Br)cc(F)c(C(N)CCC(=O)O)c1O. The maximum Gasteiger partial charge on any atom is 0.303 e. The molecule has 0 spiro atoms. The van der Waals surface area contributed by atoms with Crippen LogP contribution >= 0.6 is 15.9 Å². The summed E-state index contributed by atoms with van der Waals surface area (Å²) in [7, 11) is 1.32. The third-order valence-corrected chi connectivity index (χ3v) is 3.03. The summed E-state index contributed by atoms with van der Waals surface area (Å²) in [6.45, 7) is 0. The molecule has 4 N–H and O–H groups in total. The van der Waals surface area contributed by atoms with Crippen LogP contribution in [0, 0.1) is 5.82 Å². The number of aliphatic carboxylic acids is 1. The van der Waals surface area contributed by atoms with Gasteiger partial charge in [-0.3, -0.25) is 4.79 Å². The number of hydrogen-bond acceptors (Lipinski definition) is 4. The highest BCUT2D eigenvalue weighted by Crippen LogP contribution is 2.41. The van der Waals surface area contributed by atoms with Crippen LogP contribution < -0.4 is 10.5 Å². The van der Waals surface area contributed by atoms with Crippen LogP contribution in [0.2, 0.25) is 0 Å². The van der Waals surface area contributed by atoms with Crippen LogP contribution in [0.1, 0.15) is 24.4 Å². The summed E-state index contributed by atoms with van der Waals surface area (Å²) in [4.78, 5) is 10.4. The van der Waals surface area contributed by atoms with E-state index < -0.39 is 23.6 Å². The number of aromatic hydroxyl groups is 1. The van der Waals surface area contributed by atoms with Gasteiger partial charge in [-0.1, -0.05) is 0 Å². The lowest BCUT2D eigenvalue weighted by molar-refractivity contribution is -0.137. The number of hydrogen-bond donors (Lipinski definition) is 3. The Morgan fingerprint density at radius 3 is 2.78 bits per heavy atom. The lowest BCUT2D eigenvalue weighted by atomic mass is 10.0. The van der Waals surface area contributed by atoms with E-state index in [0.29, 0.717) is 0 Å². The van der Waals surface area contributed by atoms with E-state index in [0.717, 1.165) is 6.07 Å². The molecule has 0 aromatic heterocycles. The molecule has 1 rings (SSSR count). The van der Waals surface area contributed by atoms with Gasteiger partial charge in [-0.25, -0.2) is 4.39 Å². The highest BCUT2D eigenvalue weighted by Gasteiger charge is 2.22. The van der Waals surface area contributed by atoms with Crippen molar-refractivity contribution in [3.63, 3.8) is 0 Å². The minimum atomic E-state index is -1.03. The van der Waals surface area contributed by atoms with Crippen LogP contribution in [-0.4, -0.2) is 23.3 Å². The molecule has 0 heterocycles. The van der Waals surface area contributed by atoms with Crippen molar-refractivity contribution in [1.82, 2.24) is 0 Å². The number of phenolic OH excluding ortho intramolecular Hbond substituents is 1. The van der Waals surface area contributed by atoms with Gasteiger partial charge in [0.05, 0.1) is 17.1 Å². The fourth-order valence-electron chi connectivity index (χ4n) is 1.57. The molecule has 0 saturated heterocycles. The Morgan fingerprint density at radius 2 is 2.28 bits per heavy atom. The highest BCUT2D eigenvalue weighted by molar-refractivity contribution is 9.10. The first-order chi connectivity index (χ1) is 8.38. The molecule has 0 bridgehead atoms. The minimum Gasteiger partial charge on any atom is -0.504 e. The van der Waals surface area contributed by atoms with Gasteiger partial charge in [-0.2, -0.15) is 0 Å². The number of rotatable bonds is 5. The molecule has 100 valence electrons. The number of nitrogens with two attached hydrogens (primary N) is 1. The van der Waals surface area contributed by atoms with Crippen molar-refractivity contribution in [1.29, 1.82) is 0 Å². The fraction of sp³-hybridized carbons (Fsp3) is 0.364. The molecule has 0 aliphatic rings. The number of phenols is 1. The first kappa shape index (κ1) is 14.7. The van der Waals surface area contributed by atoms with Crippen LogP contribution in [-0.2, 0) is 4.79 Å². The molecule has 0 saturated carbocycles. The van der Waals surface area contributed by atoms with E-state index in [9.17, 15) is 14.3 Å². The first-order valence-corrected chi connectivity index (χ1v) is 5.90. The van der Waals surface area contributed by atoms with E-state index in [1.165, 1.54) is 7.11 Å². The van der Waals surface area contributed by atoms with Crippen LogP contribution in [0.3, 0.4) is 0 Å². The van der Waals surface area contributed by atoms with Crippen LogP contribution in [0.5, 0.6) is 11.5 Å². The number of carboxylic acids is 1. The predicted molar refractivity (Wildman–Crippen MR) is 66.1 cm³/mol. The van der Waals surface area contributed by atoms with Crippen molar-refractivity contribution in [3.8, 4) is 11.5 Å². The van der Waals surface area contributed by atoms with Crippen molar-refractivity contribution in [2.24, 2.45) is 5.73 Å². The van der Waals surface area contributed by atoms with Gasteiger partial charge in [0.2, 0.25) is 0 Å². The summed E-state index contributed by atoms with van der Waals surface area (Å²) in [5, 5.41) is 18.4. The van der Waals surface area contributed by atoms with E-state index in [2.05, 4.69) is 15.9 Å². The summed E-state index contributed by atoms with van der Waals surface area (Å²) in [6.07, 6.45) is -0.191. The van der Waals surface area contributed by atoms with Gasteiger partial charge in [-0.05, 0) is 28.4 Å². The lowest BCUT2D eigenvalue weighted by Gasteiger charge is -2.16. The highest BCUT2D eigenvalue weighted by atomic mass is 79.9. The maximum absolute atomic E-state index is 13.7. The Bertz CT molecular complexity index is 467. The number of ether oxygens (including phenoxy) is 1. The summed E-state index contributed by atoms with van der Waals surface area (Å²) in [6, 6.07) is 0.206. The molecule has 1 atom stereocenters. The Morgan fingerprint density at radius 1 is 1.67 bits per heavy atom. The van der Waals surface area contributed by atoms with Gasteiger partial charge < -0.3 is 20.7 Å². The van der Waals surface area contributed by atoms with Gasteiger partial charge in [0, 0.05) is 12.5 Å². The molecule has 18 heavy (non-hydrogen) atoms. The van der Waals surface area contributed by atoms with E-state index in [-0.39, 0.29) is 28.6 Å². The van der Waals surface area contributed by atoms with Gasteiger partial charge in [-0.15, -0.1) is 0 Å². The van der Waals surface area contributed by atoms with Gasteiger partial charge in [0.15, 0.2) is 11.5 Å². The van der Waals surface area contributed by atoms with Crippen LogP contribution in [0.4, 0.5) is 4.39 Å². The molecule has 0 aliphatic carbocycles. The number of methoxy groups -OCH3 is 1. The van der Waals surface area contributed by atoms with Crippen molar-refractivity contribution >= 4 is 21.9 Å². The summed E-state index contributed by atoms with van der Waals surface area (Å²) in [5.41, 5.74) is 5.54. The Balaban J connectivity index is 3.11. The Hall–Kier alpha value is -1.34. The average Bonchev–Trinajstić information content (AvgIpc) is 2.26. The molecule has 7 heteroatoms. The zero-order chi connectivity index (χ0) is 13.9. The molecule has 1 unspecified atom stereocenters. The second kappa shape index (κ2) is 6.01. The molecule has 0 radical (unpaired) electrons. The van der Waals surface area contributed by atoms with E-state index in [1.54, 1.807) is 0 Å². The number of carboxylic acid groups (broad SMARTS) is 1. The third kappa shape index (κ3) is 3.11. The normalized spacial score (nSPS) is 12.2. The number of carbonyl (C=O) groups is 1. The summed E-state index contributed by atoms with van der Waals surface area (Å²) < 4.78 is 18.9. The van der Waals surface area contributed by atoms with Crippen molar-refractivity contribution < 1.29 is 24.1 Å². The Labute approximate surface area is 111 Å². The smallest absolute Gasteiger partial charge is 0.303 e. The van der Waals surface area contributed by atoms with E-state index in [1.807, 2.05) is 0 Å². The first-order valence-electron chi connectivity index (χ1n) is 5.10. The number of halogens is 2. The monoisotopic (exact) mass is 321 g/mol. The average molecular weight is 322 g/mol. The van der Waals surface area contributed by atoms with Crippen molar-refractivity contribution in [3.05, 3.63) is 21.9 Å². The molecule has 1 aromatic carbocycles. The van der Waals surface area contributed by atoms with Crippen LogP contribution in [0.15, 0.2) is 10.5 Å². The zero-order valence-corrected chi connectivity index (χ0v) is 11.2. The fourth-order valence-corrected chi connectivity index (χ4v) is 2.12. The molecular formula is C11H13BrFNO4. The molecule has 5 nitrogen and oxygen atoms in total. The standard InChI is InChI=1S/C11H13BrFNO4/c1-18-11-5(12)4-6(13)9(10(11)17)7(14)2-3-8(15)16/h4,7,17H,2-3,14H2,1H3,(H,15,16). The van der Waals surface area contributed by atoms with Gasteiger partial charge in [0.1, 0.15) is 5.82 Å². The zero-order valence-electron chi connectivity index (χ0n) is 9.61. The molecule has 0 fully saturated rings. The predicted octanol–water partition coefficient (Wildman–Crippen LogP) is 2.17. The number of benzene rings is 1. The van der Waals surface area contributed by atoms with E-state index >= 15 is 0 Å². The maximum atomic E-state index is 13.7. The minimum absolute atomic E-state index is 0.0185. The summed E-state index contributed by atoms with van der Waals surface area (Å²) in [5.74, 6) is -2.09. The lowest BCUT2D eigenvalue weighted by Crippen LogP contribution is -2.14. The van der Waals surface area contributed by atoms with Crippen molar-refractivity contribution in [2.75, 3.05) is 7.11 Å². The molecule has 0 amide bonds. The quantitative estimate of drug-likeness (QED) is 0.772. The van der Waals surface area contributed by atoms with E-state index in [4.69, 9.17) is 15.6 Å². The molecular weight excluding hydrogens is 309 g/mol.